The van der Waals surface area contributed by atoms with Gasteiger partial charge < -0.3 is 45.3 Å². The van der Waals surface area contributed by atoms with Crippen molar-refractivity contribution in [1.82, 2.24) is 10.2 Å². The summed E-state index contributed by atoms with van der Waals surface area (Å²) in [6.07, 6.45) is -3.56. The summed E-state index contributed by atoms with van der Waals surface area (Å²) < 4.78 is 17.2. The average molecular weight is 557 g/mol. The number of carbonyl (C=O) groups excluding carboxylic acids is 3. The predicted octanol–water partition coefficient (Wildman–Crippen LogP) is 2.04. The molecule has 3 aliphatic heterocycles. The first-order chi connectivity index (χ1) is 18.8. The van der Waals surface area contributed by atoms with Gasteiger partial charge in [-0.15, -0.1) is 0 Å². The maximum absolute atomic E-state index is 13.7. The van der Waals surface area contributed by atoms with E-state index in [4.69, 9.17) is 24.6 Å². The fourth-order valence-corrected chi connectivity index (χ4v) is 5.03. The van der Waals surface area contributed by atoms with E-state index >= 15 is 0 Å². The molecule has 0 aliphatic carbocycles. The topological polar surface area (TPSA) is 194 Å². The summed E-state index contributed by atoms with van der Waals surface area (Å²) in [5.74, 6) is -1.48. The van der Waals surface area contributed by atoms with Crippen molar-refractivity contribution in [3.63, 3.8) is 0 Å². The molecule has 0 unspecified atom stereocenters. The summed E-state index contributed by atoms with van der Waals surface area (Å²) in [4.78, 5) is 40.6. The van der Waals surface area contributed by atoms with E-state index in [0.29, 0.717) is 11.1 Å². The van der Waals surface area contributed by atoms with Crippen LogP contribution in [-0.2, 0) is 28.6 Å². The van der Waals surface area contributed by atoms with Crippen molar-refractivity contribution in [2.45, 2.75) is 69.6 Å². The average Bonchev–Trinajstić information content (AvgIpc) is 3.78. The minimum absolute atomic E-state index is 0.0149. The highest BCUT2D eigenvalue weighted by molar-refractivity contribution is 5.94. The van der Waals surface area contributed by atoms with Crippen LogP contribution in [0, 0.1) is 10.4 Å². The Kier molecular flexibility index (Phi) is 6.82. The molecule has 3 N–H and O–H groups in total. The van der Waals surface area contributed by atoms with E-state index in [-0.39, 0.29) is 21.8 Å². The number of amides is 2. The number of rotatable bonds is 8. The van der Waals surface area contributed by atoms with Crippen molar-refractivity contribution in [2.75, 3.05) is 10.5 Å². The van der Waals surface area contributed by atoms with Crippen molar-refractivity contribution in [3.05, 3.63) is 70.1 Å². The first kappa shape index (κ1) is 27.9. The van der Waals surface area contributed by atoms with Crippen LogP contribution in [0.5, 0.6) is 0 Å². The largest absolute Gasteiger partial charge is 0.733 e. The maximum Gasteiger partial charge on any atom is 0.260 e. The Hall–Kier alpha value is -3.63. The van der Waals surface area contributed by atoms with E-state index in [0.717, 1.165) is 0 Å². The van der Waals surface area contributed by atoms with Gasteiger partial charge in [0.25, 0.3) is 11.8 Å². The van der Waals surface area contributed by atoms with Crippen LogP contribution in [0.1, 0.15) is 51.0 Å². The molecule has 14 nitrogen and oxygen atoms in total. The van der Waals surface area contributed by atoms with Gasteiger partial charge in [0.2, 0.25) is 0 Å². The quantitative estimate of drug-likeness (QED) is 0.317. The molecule has 0 saturated carbocycles. The maximum atomic E-state index is 13.7. The molecule has 5 rings (SSSR count). The van der Waals surface area contributed by atoms with Gasteiger partial charge in [0.05, 0.1) is 17.4 Å². The van der Waals surface area contributed by atoms with Crippen molar-refractivity contribution in [3.8, 4) is 0 Å². The van der Waals surface area contributed by atoms with Crippen LogP contribution in [0.4, 0.5) is 11.4 Å². The summed E-state index contributed by atoms with van der Waals surface area (Å²) in [5.41, 5.74) is -1.34. The number of anilines is 2. The highest BCUT2D eigenvalue weighted by atomic mass is 16.8. The fraction of sp³-hybridized carbons (Fsp3) is 0.423. The molecule has 3 heterocycles. The number of ether oxygens (including phenoxy) is 3. The van der Waals surface area contributed by atoms with Crippen molar-refractivity contribution >= 4 is 29.0 Å². The molecule has 3 saturated heterocycles. The lowest BCUT2D eigenvalue weighted by Crippen LogP contribution is -2.52. The highest BCUT2D eigenvalue weighted by Crippen LogP contribution is 2.52. The van der Waals surface area contributed by atoms with E-state index < -0.39 is 59.5 Å². The fourth-order valence-electron chi connectivity index (χ4n) is 5.03. The third-order valence-corrected chi connectivity index (χ3v) is 7.58. The van der Waals surface area contributed by atoms with Crippen LogP contribution >= 0.6 is 0 Å². The molecular weight excluding hydrogens is 528 g/mol. The van der Waals surface area contributed by atoms with Crippen molar-refractivity contribution in [1.29, 1.82) is 0 Å². The number of ketones is 1. The Morgan fingerprint density at radius 3 is 1.77 bits per heavy atom. The lowest BCUT2D eigenvalue weighted by molar-refractivity contribution is -0.151. The van der Waals surface area contributed by atoms with Gasteiger partial charge in [-0.05, 0) is 63.1 Å². The number of hydrogen-bond acceptors (Lipinski definition) is 12. The monoisotopic (exact) mass is 556 g/mol. The van der Waals surface area contributed by atoms with E-state index in [2.05, 4.69) is 5.32 Å². The molecule has 40 heavy (non-hydrogen) atoms. The van der Waals surface area contributed by atoms with Gasteiger partial charge in [0.15, 0.2) is 29.4 Å². The zero-order chi connectivity index (χ0) is 29.1. The number of carbonyl (C=O) groups is 3. The van der Waals surface area contributed by atoms with Gasteiger partial charge in [0.1, 0.15) is 12.2 Å². The van der Waals surface area contributed by atoms with Gasteiger partial charge >= 0.3 is 0 Å². The number of hydrogen-bond donors (Lipinski definition) is 3. The smallest absolute Gasteiger partial charge is 0.260 e. The number of nitrogens with one attached hydrogen (secondary N) is 1. The minimum atomic E-state index is -1.32. The lowest BCUT2D eigenvalue weighted by Gasteiger charge is -2.27. The van der Waals surface area contributed by atoms with Crippen LogP contribution < -0.4 is 15.8 Å². The lowest BCUT2D eigenvalue weighted by atomic mass is 9.98. The Bertz CT molecular complexity index is 1320. The molecule has 0 bridgehead atoms. The third kappa shape index (κ3) is 4.69. The normalized spacial score (nSPS) is 32.4. The second-order valence-corrected chi connectivity index (χ2v) is 10.4. The Morgan fingerprint density at radius 2 is 1.32 bits per heavy atom. The molecule has 14 heteroatoms. The van der Waals surface area contributed by atoms with Gasteiger partial charge in [-0.2, -0.15) is 0 Å². The van der Waals surface area contributed by atoms with Crippen molar-refractivity contribution in [2.24, 2.45) is 0 Å². The summed E-state index contributed by atoms with van der Waals surface area (Å²) in [6.45, 7) is 6.07. The van der Waals surface area contributed by atoms with E-state index in [1.165, 1.54) is 36.1 Å². The summed E-state index contributed by atoms with van der Waals surface area (Å²) in [5, 5.41) is 42.3. The molecule has 0 aromatic heterocycles. The molecule has 7 atom stereocenters. The molecule has 2 aromatic rings. The van der Waals surface area contributed by atoms with E-state index in [1.807, 2.05) is 0 Å². The first-order valence-electron chi connectivity index (χ1n) is 12.5. The SMILES string of the molecule is CC(=O)[C@@H]1O[C@H](NC(=O)[C@@]2(C)O[C@@H]2c2ccc(N([O-])O)cc2)[C@H](C)N1C(=O)[C@@]1(C)O[C@@H]1c1ccc(N([O-])O)cc1. The molecule has 0 radical (unpaired) electrons. The zero-order valence-corrected chi connectivity index (χ0v) is 22.0. The summed E-state index contributed by atoms with van der Waals surface area (Å²) in [7, 11) is 0. The van der Waals surface area contributed by atoms with Crippen LogP contribution in [-0.4, -0.2) is 62.6 Å². The predicted molar refractivity (Wildman–Crippen MR) is 136 cm³/mol. The minimum Gasteiger partial charge on any atom is -0.733 e. The standard InChI is InChI=1S/C26H28N4O10/c1-13-21(27-23(32)25(3)19(39-25)15-5-9-17(10-6-15)29(34)35)38-22(14(2)31)28(13)24(33)26(4)20(40-26)16-7-11-18(12-8-16)30(36)37/h5-13,19-22,34,36H,1-4H3,(H,27,32)/q-2/t13-,19+,20+,21-,22-,25-,26-/m0/s1. The van der Waals surface area contributed by atoms with Gasteiger partial charge in [-0.1, -0.05) is 24.3 Å². The molecule has 2 amide bonds. The first-order valence-corrected chi connectivity index (χ1v) is 12.5. The van der Waals surface area contributed by atoms with Crippen LogP contribution in [0.2, 0.25) is 0 Å². The molecular formula is C26H28N4O10-2. The second kappa shape index (κ2) is 9.78. The number of Topliss-reactive ketones (excluding diaryl/α,β-unsaturated/α-hetero) is 1. The zero-order valence-electron chi connectivity index (χ0n) is 22.0. The molecule has 214 valence electrons. The van der Waals surface area contributed by atoms with Gasteiger partial charge in [-0.3, -0.25) is 24.8 Å². The summed E-state index contributed by atoms with van der Waals surface area (Å²) >= 11 is 0. The number of nitrogens with zero attached hydrogens (tertiary/aromatic N) is 3. The highest BCUT2D eigenvalue weighted by Gasteiger charge is 2.64. The molecule has 3 aliphatic rings. The second-order valence-electron chi connectivity index (χ2n) is 10.4. The Morgan fingerprint density at radius 1 is 0.875 bits per heavy atom. The van der Waals surface area contributed by atoms with Crippen LogP contribution in [0.15, 0.2) is 48.5 Å². The van der Waals surface area contributed by atoms with Crippen LogP contribution in [0.25, 0.3) is 0 Å². The Labute approximate surface area is 228 Å². The van der Waals surface area contributed by atoms with E-state index in [9.17, 15) is 24.8 Å². The van der Waals surface area contributed by atoms with Crippen molar-refractivity contribution < 1.29 is 39.0 Å². The van der Waals surface area contributed by atoms with Gasteiger partial charge in [0, 0.05) is 0 Å². The summed E-state index contributed by atoms with van der Waals surface area (Å²) in [6, 6.07) is 11.0. The number of benzene rings is 2. The molecule has 3 fully saturated rings. The number of epoxide rings is 2. The Balaban J connectivity index is 1.27. The molecule has 2 aromatic carbocycles. The van der Waals surface area contributed by atoms with Gasteiger partial charge in [-0.25, -0.2) is 0 Å². The third-order valence-electron chi connectivity index (χ3n) is 7.58. The van der Waals surface area contributed by atoms with E-state index in [1.54, 1.807) is 45.0 Å². The van der Waals surface area contributed by atoms with Crippen LogP contribution in [0.3, 0.4) is 0 Å². The molecule has 0 spiro atoms.